The monoisotopic (exact) mass is 316 g/mol. The minimum atomic E-state index is -0.508. The molecule has 0 fully saturated rings. The summed E-state index contributed by atoms with van der Waals surface area (Å²) in [5, 5.41) is 0. The third kappa shape index (κ3) is 5.15. The van der Waals surface area contributed by atoms with E-state index in [-0.39, 0.29) is 17.8 Å². The molecule has 0 amide bonds. The van der Waals surface area contributed by atoms with Crippen molar-refractivity contribution in [2.24, 2.45) is 5.73 Å². The topological polar surface area (TPSA) is 29.3 Å². The van der Waals surface area contributed by atoms with E-state index in [9.17, 15) is 8.78 Å². The van der Waals surface area contributed by atoms with Gasteiger partial charge in [0.25, 0.3) is 0 Å². The lowest BCUT2D eigenvalue weighted by Crippen LogP contribution is -2.31. The standard InChI is InChI=1S/C16H26F2N2S/c1-5-13(19)8-12-9-14(17)16(15(18)10-12)20(3)11(2)6-7-21-4/h9-11,13H,5-8,19H2,1-4H3. The van der Waals surface area contributed by atoms with Crippen molar-refractivity contribution < 1.29 is 8.78 Å². The first-order valence-electron chi connectivity index (χ1n) is 7.35. The third-order valence-electron chi connectivity index (χ3n) is 3.85. The Morgan fingerprint density at radius 3 is 2.33 bits per heavy atom. The summed E-state index contributed by atoms with van der Waals surface area (Å²) in [6.07, 6.45) is 4.20. The molecule has 21 heavy (non-hydrogen) atoms. The predicted molar refractivity (Wildman–Crippen MR) is 89.2 cm³/mol. The number of benzene rings is 1. The average Bonchev–Trinajstić information content (AvgIpc) is 2.43. The molecule has 0 radical (unpaired) electrons. The maximum absolute atomic E-state index is 14.3. The van der Waals surface area contributed by atoms with Gasteiger partial charge in [-0.05, 0) is 55.9 Å². The summed E-state index contributed by atoms with van der Waals surface area (Å²) in [4.78, 5) is 1.68. The first-order chi connectivity index (χ1) is 9.90. The van der Waals surface area contributed by atoms with Crippen LogP contribution >= 0.6 is 11.8 Å². The van der Waals surface area contributed by atoms with Gasteiger partial charge < -0.3 is 10.6 Å². The van der Waals surface area contributed by atoms with Crippen LogP contribution in [0.3, 0.4) is 0 Å². The molecule has 0 aliphatic rings. The van der Waals surface area contributed by atoms with Crippen LogP contribution < -0.4 is 10.6 Å². The quantitative estimate of drug-likeness (QED) is 0.790. The highest BCUT2D eigenvalue weighted by atomic mass is 32.2. The van der Waals surface area contributed by atoms with Gasteiger partial charge in [-0.25, -0.2) is 8.78 Å². The number of nitrogens with zero attached hydrogens (tertiary/aromatic N) is 1. The Kier molecular flexibility index (Phi) is 7.46. The van der Waals surface area contributed by atoms with Crippen LogP contribution in [-0.2, 0) is 6.42 Å². The number of hydrogen-bond donors (Lipinski definition) is 1. The molecule has 2 N–H and O–H groups in total. The molecule has 0 spiro atoms. The van der Waals surface area contributed by atoms with E-state index in [2.05, 4.69) is 0 Å². The highest BCUT2D eigenvalue weighted by molar-refractivity contribution is 7.98. The van der Waals surface area contributed by atoms with Gasteiger partial charge in [-0.2, -0.15) is 11.8 Å². The normalized spacial score (nSPS) is 14.0. The summed E-state index contributed by atoms with van der Waals surface area (Å²) in [6.45, 7) is 3.95. The van der Waals surface area contributed by atoms with Crippen molar-refractivity contribution >= 4 is 17.4 Å². The lowest BCUT2D eigenvalue weighted by Gasteiger charge is -2.28. The summed E-state index contributed by atoms with van der Waals surface area (Å²) < 4.78 is 28.5. The highest BCUT2D eigenvalue weighted by Gasteiger charge is 2.19. The second-order valence-electron chi connectivity index (χ2n) is 5.52. The van der Waals surface area contributed by atoms with E-state index < -0.39 is 11.6 Å². The van der Waals surface area contributed by atoms with Gasteiger partial charge in [0.15, 0.2) is 0 Å². The first kappa shape index (κ1) is 18.2. The molecule has 1 rings (SSSR count). The first-order valence-corrected chi connectivity index (χ1v) is 8.75. The van der Waals surface area contributed by atoms with E-state index >= 15 is 0 Å². The summed E-state index contributed by atoms with van der Waals surface area (Å²) >= 11 is 1.73. The zero-order valence-corrected chi connectivity index (χ0v) is 14.1. The van der Waals surface area contributed by atoms with Gasteiger partial charge in [0.1, 0.15) is 17.3 Å². The van der Waals surface area contributed by atoms with Crippen LogP contribution in [0.2, 0.25) is 0 Å². The van der Waals surface area contributed by atoms with Crippen molar-refractivity contribution in [2.75, 3.05) is 24.0 Å². The fraction of sp³-hybridized carbons (Fsp3) is 0.625. The number of nitrogens with two attached hydrogens (primary N) is 1. The van der Waals surface area contributed by atoms with Crippen LogP contribution in [0.25, 0.3) is 0 Å². The molecule has 2 nitrogen and oxygen atoms in total. The van der Waals surface area contributed by atoms with Crippen LogP contribution in [0.1, 0.15) is 32.3 Å². The summed E-state index contributed by atoms with van der Waals surface area (Å²) in [6, 6.07) is 2.84. The second kappa shape index (κ2) is 8.59. The lowest BCUT2D eigenvalue weighted by atomic mass is 10.0. The predicted octanol–water partition coefficient (Wildman–Crippen LogP) is 3.82. The Balaban J connectivity index is 2.93. The summed E-state index contributed by atoms with van der Waals surface area (Å²) in [7, 11) is 1.74. The Hall–Kier alpha value is -0.810. The number of anilines is 1. The van der Waals surface area contributed by atoms with Crippen LogP contribution in [0, 0.1) is 11.6 Å². The molecule has 1 aromatic carbocycles. The maximum Gasteiger partial charge on any atom is 0.149 e. The molecule has 0 saturated heterocycles. The van der Waals surface area contributed by atoms with E-state index in [0.29, 0.717) is 12.0 Å². The van der Waals surface area contributed by atoms with E-state index in [1.165, 1.54) is 12.1 Å². The van der Waals surface area contributed by atoms with Gasteiger partial charge in [-0.1, -0.05) is 6.92 Å². The zero-order chi connectivity index (χ0) is 16.0. The molecule has 0 saturated carbocycles. The largest absolute Gasteiger partial charge is 0.367 e. The maximum atomic E-state index is 14.3. The van der Waals surface area contributed by atoms with Crippen LogP contribution in [-0.4, -0.2) is 31.1 Å². The number of hydrogen-bond acceptors (Lipinski definition) is 3. The number of thioether (sulfide) groups is 1. The van der Waals surface area contributed by atoms with Crippen molar-refractivity contribution in [1.82, 2.24) is 0 Å². The van der Waals surface area contributed by atoms with Gasteiger partial charge in [0.2, 0.25) is 0 Å². The van der Waals surface area contributed by atoms with Crippen LogP contribution in [0.15, 0.2) is 12.1 Å². The second-order valence-corrected chi connectivity index (χ2v) is 6.51. The smallest absolute Gasteiger partial charge is 0.149 e. The zero-order valence-electron chi connectivity index (χ0n) is 13.3. The van der Waals surface area contributed by atoms with Crippen molar-refractivity contribution in [2.45, 2.75) is 45.2 Å². The molecule has 1 aromatic rings. The van der Waals surface area contributed by atoms with Crippen molar-refractivity contribution in [3.8, 4) is 0 Å². The lowest BCUT2D eigenvalue weighted by molar-refractivity contribution is 0.551. The van der Waals surface area contributed by atoms with Gasteiger partial charge in [0, 0.05) is 19.1 Å². The Morgan fingerprint density at radius 2 is 1.86 bits per heavy atom. The van der Waals surface area contributed by atoms with Crippen LogP contribution in [0.5, 0.6) is 0 Å². The molecular weight excluding hydrogens is 290 g/mol. The Bertz CT molecular complexity index is 431. The fourth-order valence-corrected chi connectivity index (χ4v) is 2.80. The molecule has 0 aliphatic heterocycles. The van der Waals surface area contributed by atoms with Crippen molar-refractivity contribution in [3.05, 3.63) is 29.3 Å². The average molecular weight is 316 g/mol. The fourth-order valence-electron chi connectivity index (χ4n) is 2.22. The third-order valence-corrected chi connectivity index (χ3v) is 4.50. The molecular formula is C16H26F2N2S. The van der Waals surface area contributed by atoms with Gasteiger partial charge in [-0.3, -0.25) is 0 Å². The molecule has 2 atom stereocenters. The summed E-state index contributed by atoms with van der Waals surface area (Å²) in [5.74, 6) is -0.0448. The molecule has 0 bridgehead atoms. The summed E-state index contributed by atoms with van der Waals surface area (Å²) in [5.41, 5.74) is 6.52. The van der Waals surface area contributed by atoms with Gasteiger partial charge in [0.05, 0.1) is 0 Å². The van der Waals surface area contributed by atoms with Crippen LogP contribution in [0.4, 0.5) is 14.5 Å². The number of rotatable bonds is 8. The van der Waals surface area contributed by atoms with E-state index in [0.717, 1.165) is 18.6 Å². The SMILES string of the molecule is CCC(N)Cc1cc(F)c(N(C)C(C)CCSC)c(F)c1. The van der Waals surface area contributed by atoms with Crippen molar-refractivity contribution in [1.29, 1.82) is 0 Å². The molecule has 120 valence electrons. The molecule has 0 heterocycles. The van der Waals surface area contributed by atoms with Crippen molar-refractivity contribution in [3.63, 3.8) is 0 Å². The minimum Gasteiger partial charge on any atom is -0.367 e. The molecule has 5 heteroatoms. The van der Waals surface area contributed by atoms with Gasteiger partial charge in [-0.15, -0.1) is 0 Å². The molecule has 2 unspecified atom stereocenters. The minimum absolute atomic E-state index is 0.0532. The number of halogens is 2. The molecule has 0 aliphatic carbocycles. The van der Waals surface area contributed by atoms with E-state index in [1.54, 1.807) is 23.7 Å². The Labute approximate surface area is 131 Å². The molecule has 0 aromatic heterocycles. The highest BCUT2D eigenvalue weighted by Crippen LogP contribution is 2.27. The van der Waals surface area contributed by atoms with E-state index in [4.69, 9.17) is 5.73 Å². The van der Waals surface area contributed by atoms with E-state index in [1.807, 2.05) is 20.1 Å². The Morgan fingerprint density at radius 1 is 1.29 bits per heavy atom. The van der Waals surface area contributed by atoms with Gasteiger partial charge >= 0.3 is 0 Å².